The van der Waals surface area contributed by atoms with Crippen molar-refractivity contribution in [2.45, 2.75) is 83.8 Å². The zero-order chi connectivity index (χ0) is 23.3. The van der Waals surface area contributed by atoms with E-state index in [9.17, 15) is 0 Å². The zero-order valence-electron chi connectivity index (χ0n) is 20.2. The van der Waals surface area contributed by atoms with Gasteiger partial charge >= 0.3 is 0 Å². The summed E-state index contributed by atoms with van der Waals surface area (Å²) >= 11 is 6.66. The quantitative estimate of drug-likeness (QED) is 0.418. The molecule has 0 radical (unpaired) electrons. The van der Waals surface area contributed by atoms with Crippen LogP contribution in [0.1, 0.15) is 71.6 Å². The van der Waals surface area contributed by atoms with Gasteiger partial charge < -0.3 is 19.9 Å². The highest BCUT2D eigenvalue weighted by Gasteiger charge is 2.46. The Morgan fingerprint density at radius 2 is 1.94 bits per heavy atom. The average Bonchev–Trinajstić information content (AvgIpc) is 2.85. The van der Waals surface area contributed by atoms with E-state index in [2.05, 4.69) is 18.8 Å². The standard InChI is InChI=1S/C27H39ClN2O3/c1-3-5-14-32-26-22-18-23(28)24(17-19(22)8-13-30-26)33-21-6-11-27(12-7-21,25(29)4-2)20-9-15-31-16-10-20/h8,13,17-18,20-21,25H,3-7,9-12,14-16,29H2,1-2H3. The van der Waals surface area contributed by atoms with E-state index < -0.39 is 0 Å². The Morgan fingerprint density at radius 3 is 2.64 bits per heavy atom. The van der Waals surface area contributed by atoms with Crippen LogP contribution in [-0.2, 0) is 4.74 Å². The number of aromatic nitrogens is 1. The molecule has 5 nitrogen and oxygen atoms in total. The second-order valence-electron chi connectivity index (χ2n) is 9.77. The summed E-state index contributed by atoms with van der Waals surface area (Å²) < 4.78 is 18.0. The van der Waals surface area contributed by atoms with E-state index in [0.717, 1.165) is 87.5 Å². The van der Waals surface area contributed by atoms with E-state index >= 15 is 0 Å². The summed E-state index contributed by atoms with van der Waals surface area (Å²) in [6.07, 6.45) is 11.6. The minimum Gasteiger partial charge on any atom is -0.489 e. The van der Waals surface area contributed by atoms with Crippen molar-refractivity contribution in [1.29, 1.82) is 0 Å². The SMILES string of the molecule is CCCCOc1nccc2cc(OC3CCC(C(N)CC)(C4CCOCC4)CC3)c(Cl)cc12. The maximum Gasteiger partial charge on any atom is 0.221 e. The molecule has 0 bridgehead atoms. The lowest BCUT2D eigenvalue weighted by molar-refractivity contribution is -0.0398. The Bertz CT molecular complexity index is 908. The van der Waals surface area contributed by atoms with Crippen molar-refractivity contribution >= 4 is 22.4 Å². The normalized spacial score (nSPS) is 25.2. The lowest BCUT2D eigenvalue weighted by Gasteiger charge is -2.50. The van der Waals surface area contributed by atoms with Gasteiger partial charge in [-0.1, -0.05) is 31.9 Å². The van der Waals surface area contributed by atoms with Crippen LogP contribution in [0, 0.1) is 11.3 Å². The third kappa shape index (κ3) is 5.41. The Hall–Kier alpha value is -1.56. The summed E-state index contributed by atoms with van der Waals surface area (Å²) in [6, 6.07) is 6.19. The number of halogens is 1. The number of rotatable bonds is 9. The molecule has 2 fully saturated rings. The van der Waals surface area contributed by atoms with Gasteiger partial charge in [0, 0.05) is 30.8 Å². The van der Waals surface area contributed by atoms with E-state index in [1.54, 1.807) is 6.20 Å². The molecule has 33 heavy (non-hydrogen) atoms. The van der Waals surface area contributed by atoms with Crippen LogP contribution in [0.25, 0.3) is 10.8 Å². The van der Waals surface area contributed by atoms with Crippen molar-refractivity contribution in [3.05, 3.63) is 29.4 Å². The number of benzene rings is 1. The minimum atomic E-state index is 0.166. The number of hydrogen-bond acceptors (Lipinski definition) is 5. The fourth-order valence-electron chi connectivity index (χ4n) is 5.85. The van der Waals surface area contributed by atoms with Crippen molar-refractivity contribution in [2.24, 2.45) is 17.1 Å². The molecule has 1 atom stereocenters. The topological polar surface area (TPSA) is 66.6 Å². The van der Waals surface area contributed by atoms with Gasteiger partial charge in [-0.25, -0.2) is 4.98 Å². The van der Waals surface area contributed by atoms with Crippen LogP contribution in [0.2, 0.25) is 5.02 Å². The van der Waals surface area contributed by atoms with Gasteiger partial charge in [-0.3, -0.25) is 0 Å². The van der Waals surface area contributed by atoms with E-state index in [1.165, 1.54) is 0 Å². The van der Waals surface area contributed by atoms with Crippen LogP contribution in [-0.4, -0.2) is 37.0 Å². The third-order valence-corrected chi connectivity index (χ3v) is 8.18. The van der Waals surface area contributed by atoms with E-state index in [1.807, 2.05) is 18.2 Å². The van der Waals surface area contributed by atoms with Crippen LogP contribution in [0.3, 0.4) is 0 Å². The van der Waals surface area contributed by atoms with Crippen LogP contribution in [0.4, 0.5) is 0 Å². The molecule has 1 aromatic heterocycles. The van der Waals surface area contributed by atoms with Crippen molar-refractivity contribution < 1.29 is 14.2 Å². The molecular weight excluding hydrogens is 436 g/mol. The zero-order valence-corrected chi connectivity index (χ0v) is 20.9. The van der Waals surface area contributed by atoms with Gasteiger partial charge in [0.25, 0.3) is 0 Å². The van der Waals surface area contributed by atoms with Gasteiger partial charge in [-0.2, -0.15) is 0 Å². The lowest BCUT2D eigenvalue weighted by atomic mass is 9.59. The number of fused-ring (bicyclic) bond motifs is 1. The average molecular weight is 475 g/mol. The molecule has 2 heterocycles. The molecule has 2 aliphatic rings. The summed E-state index contributed by atoms with van der Waals surface area (Å²) in [6.45, 7) is 6.77. The van der Waals surface area contributed by atoms with Crippen molar-refractivity contribution in [1.82, 2.24) is 4.98 Å². The van der Waals surface area contributed by atoms with Gasteiger partial charge in [-0.05, 0) is 86.3 Å². The monoisotopic (exact) mass is 474 g/mol. The largest absolute Gasteiger partial charge is 0.489 e. The molecule has 0 amide bonds. The molecule has 1 aromatic carbocycles. The summed E-state index contributed by atoms with van der Waals surface area (Å²) in [5.41, 5.74) is 6.95. The van der Waals surface area contributed by atoms with Crippen molar-refractivity contribution in [2.75, 3.05) is 19.8 Å². The van der Waals surface area contributed by atoms with Crippen LogP contribution >= 0.6 is 11.6 Å². The Balaban J connectivity index is 1.46. The number of nitrogens with two attached hydrogens (primary N) is 1. The molecule has 1 saturated carbocycles. The Morgan fingerprint density at radius 1 is 1.18 bits per heavy atom. The predicted octanol–water partition coefficient (Wildman–Crippen LogP) is 6.54. The first-order valence-electron chi connectivity index (χ1n) is 12.8. The van der Waals surface area contributed by atoms with Crippen LogP contribution < -0.4 is 15.2 Å². The number of nitrogens with zero attached hydrogens (tertiary/aromatic N) is 1. The van der Waals surface area contributed by atoms with Crippen molar-refractivity contribution in [3.63, 3.8) is 0 Å². The molecule has 2 N–H and O–H groups in total. The van der Waals surface area contributed by atoms with Gasteiger partial charge in [-0.15, -0.1) is 0 Å². The smallest absolute Gasteiger partial charge is 0.221 e. The van der Waals surface area contributed by atoms with Gasteiger partial charge in [0.15, 0.2) is 0 Å². The second-order valence-corrected chi connectivity index (χ2v) is 10.2. The molecule has 2 aromatic rings. The highest BCUT2D eigenvalue weighted by Crippen LogP contribution is 2.50. The fraction of sp³-hybridized carbons (Fsp3) is 0.667. The van der Waals surface area contributed by atoms with Gasteiger partial charge in [0.05, 0.1) is 17.7 Å². The highest BCUT2D eigenvalue weighted by atomic mass is 35.5. The first-order valence-corrected chi connectivity index (χ1v) is 13.2. The van der Waals surface area contributed by atoms with Gasteiger partial charge in [0.2, 0.25) is 5.88 Å². The minimum absolute atomic E-state index is 0.166. The molecular formula is C27H39ClN2O3. The summed E-state index contributed by atoms with van der Waals surface area (Å²) in [4.78, 5) is 4.41. The Kier molecular flexibility index (Phi) is 8.37. The van der Waals surface area contributed by atoms with Gasteiger partial charge in [0.1, 0.15) is 5.75 Å². The summed E-state index contributed by atoms with van der Waals surface area (Å²) in [7, 11) is 0. The predicted molar refractivity (Wildman–Crippen MR) is 134 cm³/mol. The van der Waals surface area contributed by atoms with Crippen LogP contribution in [0.5, 0.6) is 11.6 Å². The number of pyridine rings is 1. The first kappa shape index (κ1) is 24.6. The molecule has 1 saturated heterocycles. The summed E-state index contributed by atoms with van der Waals surface area (Å²) in [5, 5.41) is 2.58. The maximum absolute atomic E-state index is 6.74. The van der Waals surface area contributed by atoms with E-state index in [-0.39, 0.29) is 17.6 Å². The molecule has 6 heteroatoms. The molecule has 1 unspecified atom stereocenters. The molecule has 4 rings (SSSR count). The molecule has 182 valence electrons. The highest BCUT2D eigenvalue weighted by molar-refractivity contribution is 6.33. The van der Waals surface area contributed by atoms with E-state index in [0.29, 0.717) is 23.4 Å². The molecule has 0 spiro atoms. The third-order valence-electron chi connectivity index (χ3n) is 7.89. The maximum atomic E-state index is 6.74. The second kappa shape index (κ2) is 11.2. The summed E-state index contributed by atoms with van der Waals surface area (Å²) in [5.74, 6) is 2.05. The molecule has 1 aliphatic heterocycles. The van der Waals surface area contributed by atoms with Crippen molar-refractivity contribution in [3.8, 4) is 11.6 Å². The first-order chi connectivity index (χ1) is 16.1. The van der Waals surface area contributed by atoms with E-state index in [4.69, 9.17) is 31.5 Å². The van der Waals surface area contributed by atoms with Crippen LogP contribution in [0.15, 0.2) is 24.4 Å². The Labute approximate surface area is 203 Å². The fourth-order valence-corrected chi connectivity index (χ4v) is 6.06. The number of unbranched alkanes of at least 4 members (excludes halogenated alkanes) is 1. The number of ether oxygens (including phenoxy) is 3. The lowest BCUT2D eigenvalue weighted by Crippen LogP contribution is -2.51. The number of hydrogen-bond donors (Lipinski definition) is 1. The molecule has 1 aliphatic carbocycles.